The van der Waals surface area contributed by atoms with Gasteiger partial charge in [-0.25, -0.2) is 8.42 Å². The van der Waals surface area contributed by atoms with E-state index in [1.807, 2.05) is 60.7 Å². The number of nitrogens with zero attached hydrogens (tertiary/aromatic N) is 1. The van der Waals surface area contributed by atoms with E-state index in [9.17, 15) is 13.2 Å². The Hall–Kier alpha value is -3.16. The van der Waals surface area contributed by atoms with Gasteiger partial charge in [0.25, 0.3) is 0 Å². The zero-order valence-electron chi connectivity index (χ0n) is 18.6. The van der Waals surface area contributed by atoms with Crippen LogP contribution in [0.4, 0.5) is 0 Å². The number of benzene rings is 3. The Morgan fingerprint density at radius 2 is 1.48 bits per heavy atom. The van der Waals surface area contributed by atoms with E-state index in [0.29, 0.717) is 25.1 Å². The Bertz CT molecular complexity index is 1170. The minimum Gasteiger partial charge on any atom is -0.497 e. The lowest BCUT2D eigenvalue weighted by Crippen LogP contribution is -2.52. The number of nitrogens with one attached hydrogen (secondary N) is 1. The maximum atomic E-state index is 13.5. The Balaban J connectivity index is 1.54. The van der Waals surface area contributed by atoms with Crippen molar-refractivity contribution in [3.05, 3.63) is 96.1 Å². The third-order valence-corrected chi connectivity index (χ3v) is 8.24. The summed E-state index contributed by atoms with van der Waals surface area (Å²) < 4.78 is 33.0. The summed E-state index contributed by atoms with van der Waals surface area (Å²) in [6.45, 7) is 0.964. The highest BCUT2D eigenvalue weighted by Crippen LogP contribution is 2.37. The topological polar surface area (TPSA) is 75.7 Å². The van der Waals surface area contributed by atoms with Crippen molar-refractivity contribution >= 4 is 15.9 Å². The van der Waals surface area contributed by atoms with Gasteiger partial charge >= 0.3 is 0 Å². The van der Waals surface area contributed by atoms with E-state index < -0.39 is 15.4 Å². The van der Waals surface area contributed by atoms with Gasteiger partial charge in [-0.3, -0.25) is 4.79 Å². The molecule has 0 spiro atoms. The minimum absolute atomic E-state index is 0.0703. The van der Waals surface area contributed by atoms with E-state index in [4.69, 9.17) is 4.74 Å². The Labute approximate surface area is 195 Å². The summed E-state index contributed by atoms with van der Waals surface area (Å²) in [5.74, 6) is 0.532. The van der Waals surface area contributed by atoms with Crippen LogP contribution in [-0.4, -0.2) is 38.8 Å². The fourth-order valence-corrected chi connectivity index (χ4v) is 5.80. The van der Waals surface area contributed by atoms with Gasteiger partial charge in [0.2, 0.25) is 15.9 Å². The summed E-state index contributed by atoms with van der Waals surface area (Å²) >= 11 is 0. The number of carbonyl (C=O) groups excluding carboxylic acids is 1. The van der Waals surface area contributed by atoms with Crippen molar-refractivity contribution in [3.8, 4) is 5.75 Å². The number of hydrogen-bond donors (Lipinski definition) is 1. The average molecular weight is 465 g/mol. The van der Waals surface area contributed by atoms with Gasteiger partial charge in [-0.05, 0) is 48.2 Å². The van der Waals surface area contributed by atoms with E-state index in [1.165, 1.54) is 4.31 Å². The van der Waals surface area contributed by atoms with Crippen LogP contribution in [0.1, 0.15) is 24.0 Å². The predicted octanol–water partition coefficient (Wildman–Crippen LogP) is 3.73. The van der Waals surface area contributed by atoms with Crippen LogP contribution in [0.3, 0.4) is 0 Å². The Kier molecular flexibility index (Phi) is 6.81. The van der Waals surface area contributed by atoms with Crippen LogP contribution in [0.25, 0.3) is 0 Å². The first-order chi connectivity index (χ1) is 16.0. The number of hydrogen-bond acceptors (Lipinski definition) is 4. The first kappa shape index (κ1) is 23.0. The van der Waals surface area contributed by atoms with Crippen LogP contribution in [0.15, 0.2) is 89.8 Å². The fraction of sp³-hybridized carbons (Fsp3) is 0.269. The van der Waals surface area contributed by atoms with Crippen molar-refractivity contribution < 1.29 is 17.9 Å². The molecule has 1 fully saturated rings. The number of piperidine rings is 1. The lowest BCUT2D eigenvalue weighted by molar-refractivity contribution is -0.128. The van der Waals surface area contributed by atoms with Crippen LogP contribution in [0.5, 0.6) is 5.75 Å². The zero-order valence-corrected chi connectivity index (χ0v) is 19.4. The number of carbonyl (C=O) groups is 1. The lowest BCUT2D eigenvalue weighted by Gasteiger charge is -2.40. The molecule has 0 saturated carbocycles. The van der Waals surface area contributed by atoms with Gasteiger partial charge in [0.1, 0.15) is 5.75 Å². The number of amides is 1. The molecule has 0 aliphatic carbocycles. The first-order valence-electron chi connectivity index (χ1n) is 11.0. The van der Waals surface area contributed by atoms with E-state index in [2.05, 4.69) is 5.32 Å². The van der Waals surface area contributed by atoms with Crippen molar-refractivity contribution in [3.63, 3.8) is 0 Å². The Morgan fingerprint density at radius 3 is 2.06 bits per heavy atom. The van der Waals surface area contributed by atoms with Crippen molar-refractivity contribution in [2.45, 2.75) is 29.7 Å². The third-order valence-electron chi connectivity index (χ3n) is 6.33. The van der Waals surface area contributed by atoms with Crippen LogP contribution >= 0.6 is 0 Å². The Morgan fingerprint density at radius 1 is 0.909 bits per heavy atom. The van der Waals surface area contributed by atoms with Crippen molar-refractivity contribution in [1.29, 1.82) is 0 Å². The van der Waals surface area contributed by atoms with Gasteiger partial charge in [0.15, 0.2) is 0 Å². The summed E-state index contributed by atoms with van der Waals surface area (Å²) in [5, 5.41) is 3.09. The second-order valence-corrected chi connectivity index (χ2v) is 10.1. The molecule has 0 radical (unpaired) electrons. The lowest BCUT2D eigenvalue weighted by atomic mass is 9.72. The third kappa shape index (κ3) is 4.79. The quantitative estimate of drug-likeness (QED) is 0.578. The number of rotatable bonds is 7. The molecule has 1 heterocycles. The molecule has 1 N–H and O–H groups in total. The van der Waals surface area contributed by atoms with E-state index >= 15 is 0 Å². The second-order valence-electron chi connectivity index (χ2n) is 8.20. The molecule has 172 valence electrons. The highest BCUT2D eigenvalue weighted by Gasteiger charge is 2.45. The highest BCUT2D eigenvalue weighted by molar-refractivity contribution is 7.89. The molecule has 0 aromatic heterocycles. The van der Waals surface area contributed by atoms with Crippen LogP contribution in [0, 0.1) is 0 Å². The van der Waals surface area contributed by atoms with Gasteiger partial charge in [0.05, 0.1) is 17.4 Å². The maximum absolute atomic E-state index is 13.5. The van der Waals surface area contributed by atoms with Crippen LogP contribution in [0.2, 0.25) is 0 Å². The van der Waals surface area contributed by atoms with Gasteiger partial charge in [-0.2, -0.15) is 4.31 Å². The average Bonchev–Trinajstić information content (AvgIpc) is 2.88. The highest BCUT2D eigenvalue weighted by atomic mass is 32.2. The van der Waals surface area contributed by atoms with Crippen molar-refractivity contribution in [2.75, 3.05) is 20.2 Å². The molecule has 4 rings (SSSR count). The summed E-state index contributed by atoms with van der Waals surface area (Å²) in [4.78, 5) is 13.7. The minimum atomic E-state index is -3.65. The first-order valence-corrected chi connectivity index (χ1v) is 12.4. The van der Waals surface area contributed by atoms with Crippen molar-refractivity contribution in [2.24, 2.45) is 0 Å². The summed E-state index contributed by atoms with van der Waals surface area (Å²) in [6.07, 6.45) is 0.819. The molecule has 0 bridgehead atoms. The van der Waals surface area contributed by atoms with Gasteiger partial charge in [-0.1, -0.05) is 60.7 Å². The molecule has 7 heteroatoms. The summed E-state index contributed by atoms with van der Waals surface area (Å²) in [5.41, 5.74) is 1.16. The monoisotopic (exact) mass is 464 g/mol. The zero-order chi connectivity index (χ0) is 23.3. The van der Waals surface area contributed by atoms with Gasteiger partial charge in [0, 0.05) is 19.6 Å². The molecule has 3 aromatic rings. The largest absolute Gasteiger partial charge is 0.497 e. The normalized spacial score (nSPS) is 16.2. The molecular formula is C26H28N2O4S. The van der Waals surface area contributed by atoms with Crippen LogP contribution < -0.4 is 10.1 Å². The fourth-order valence-electron chi connectivity index (χ4n) is 4.36. The SMILES string of the molecule is COc1ccc(S(=O)(=O)N2CCC(C(=O)NCc3ccccc3)(c3ccccc3)CC2)cc1. The standard InChI is InChI=1S/C26H28N2O4S/c1-32-23-12-14-24(15-13-23)33(30,31)28-18-16-26(17-19-28,22-10-6-3-7-11-22)25(29)27-20-21-8-4-2-5-9-21/h2-15H,16-20H2,1H3,(H,27,29). The molecule has 0 atom stereocenters. The molecule has 1 saturated heterocycles. The molecule has 33 heavy (non-hydrogen) atoms. The van der Waals surface area contributed by atoms with E-state index in [1.54, 1.807) is 31.4 Å². The molecule has 3 aromatic carbocycles. The molecule has 0 unspecified atom stereocenters. The maximum Gasteiger partial charge on any atom is 0.243 e. The van der Waals surface area contributed by atoms with Gasteiger partial charge < -0.3 is 10.1 Å². The number of methoxy groups -OCH3 is 1. The molecule has 1 aliphatic rings. The van der Waals surface area contributed by atoms with E-state index in [-0.39, 0.29) is 23.9 Å². The molecule has 1 amide bonds. The molecular weight excluding hydrogens is 436 g/mol. The molecule has 6 nitrogen and oxygen atoms in total. The predicted molar refractivity (Wildman–Crippen MR) is 127 cm³/mol. The second kappa shape index (κ2) is 9.77. The van der Waals surface area contributed by atoms with Crippen LogP contribution in [-0.2, 0) is 26.8 Å². The van der Waals surface area contributed by atoms with Gasteiger partial charge in [-0.15, -0.1) is 0 Å². The van der Waals surface area contributed by atoms with E-state index in [0.717, 1.165) is 11.1 Å². The smallest absolute Gasteiger partial charge is 0.243 e. The summed E-state index contributed by atoms with van der Waals surface area (Å²) in [7, 11) is -2.11. The van der Waals surface area contributed by atoms with Crippen molar-refractivity contribution in [1.82, 2.24) is 9.62 Å². The summed E-state index contributed by atoms with van der Waals surface area (Å²) in [6, 6.07) is 25.8. The molecule has 1 aliphatic heterocycles. The number of sulfonamides is 1. The number of ether oxygens (including phenoxy) is 1.